The summed E-state index contributed by atoms with van der Waals surface area (Å²) in [6.45, 7) is 1.60. The fourth-order valence-electron chi connectivity index (χ4n) is 0.562. The van der Waals surface area contributed by atoms with Gasteiger partial charge in [0.05, 0.1) is 0 Å². The predicted octanol–water partition coefficient (Wildman–Crippen LogP) is -0.659. The lowest BCUT2D eigenvalue weighted by Gasteiger charge is -2.15. The molecular formula is C6H13N5O. The molecule has 0 rings (SSSR count). The van der Waals surface area contributed by atoms with Crippen LogP contribution in [0.4, 0.5) is 4.79 Å². The minimum absolute atomic E-state index is 0.376. The Morgan fingerprint density at radius 1 is 1.58 bits per heavy atom. The van der Waals surface area contributed by atoms with Crippen molar-refractivity contribution in [3.8, 4) is 0 Å². The van der Waals surface area contributed by atoms with Crippen LogP contribution in [0.15, 0.2) is 11.9 Å². The molecule has 0 radical (unpaired) electrons. The van der Waals surface area contributed by atoms with Gasteiger partial charge in [0.25, 0.3) is 0 Å². The van der Waals surface area contributed by atoms with Crippen LogP contribution in [0.25, 0.3) is 0 Å². The van der Waals surface area contributed by atoms with Gasteiger partial charge >= 0.3 is 6.03 Å². The summed E-state index contributed by atoms with van der Waals surface area (Å²) in [5, 5.41) is 9.34. The molecule has 6 heteroatoms. The van der Waals surface area contributed by atoms with Crippen molar-refractivity contribution in [1.29, 1.82) is 5.41 Å². The maximum absolute atomic E-state index is 11.0. The summed E-state index contributed by atoms with van der Waals surface area (Å²) >= 11 is 0. The summed E-state index contributed by atoms with van der Waals surface area (Å²) in [7, 11) is 1.44. The van der Waals surface area contributed by atoms with E-state index in [1.165, 1.54) is 13.2 Å². The van der Waals surface area contributed by atoms with Crippen LogP contribution in [-0.4, -0.2) is 23.9 Å². The molecule has 6 N–H and O–H groups in total. The number of allylic oxidation sites excluding steroid dienone is 1. The number of guanidine groups is 1. The lowest BCUT2D eigenvalue weighted by Crippen LogP contribution is -2.42. The first-order valence-electron chi connectivity index (χ1n) is 3.28. The number of nitrogens with zero attached hydrogens (tertiary/aromatic N) is 1. The lowest BCUT2D eigenvalue weighted by atomic mass is 10.5. The number of hydrogen-bond donors (Lipinski definition) is 4. The summed E-state index contributed by atoms with van der Waals surface area (Å²) in [4.78, 5) is 11.9. The van der Waals surface area contributed by atoms with E-state index in [4.69, 9.17) is 16.9 Å². The van der Waals surface area contributed by atoms with Crippen molar-refractivity contribution in [2.45, 2.75) is 6.92 Å². The normalized spacial score (nSPS) is 10.7. The van der Waals surface area contributed by atoms with Crippen LogP contribution in [0, 0.1) is 5.41 Å². The topological polar surface area (TPSA) is 108 Å². The largest absolute Gasteiger partial charge is 0.401 e. The average Bonchev–Trinajstić information content (AvgIpc) is 1.98. The Balaban J connectivity index is 4.56. The highest BCUT2D eigenvalue weighted by Gasteiger charge is 2.11. The predicted molar refractivity (Wildman–Crippen MR) is 46.2 cm³/mol. The molecule has 0 aliphatic carbocycles. The fourth-order valence-corrected chi connectivity index (χ4v) is 0.562. The van der Waals surface area contributed by atoms with Crippen LogP contribution in [0.5, 0.6) is 0 Å². The number of nitrogens with one attached hydrogen (secondary N) is 2. The molecule has 0 saturated heterocycles. The Morgan fingerprint density at radius 2 is 2.08 bits per heavy atom. The summed E-state index contributed by atoms with van der Waals surface area (Å²) in [5.41, 5.74) is 10.8. The SMILES string of the molecule is CNC(=O)N(/C=C(/C)N)C(=N)N. The third-order valence-electron chi connectivity index (χ3n) is 1.02. The number of rotatable bonds is 1. The molecule has 12 heavy (non-hydrogen) atoms. The Kier molecular flexibility index (Phi) is 3.61. The molecule has 0 spiro atoms. The molecule has 0 bridgehead atoms. The zero-order chi connectivity index (χ0) is 9.72. The van der Waals surface area contributed by atoms with Crippen LogP contribution in [0.1, 0.15) is 6.92 Å². The zero-order valence-corrected chi connectivity index (χ0v) is 7.09. The second-order valence-corrected chi connectivity index (χ2v) is 2.18. The number of carbonyl (C=O) groups excluding carboxylic acids is 1. The molecule has 68 valence electrons. The Labute approximate surface area is 70.7 Å². The van der Waals surface area contributed by atoms with Gasteiger partial charge in [-0.25, -0.2) is 9.69 Å². The first-order valence-corrected chi connectivity index (χ1v) is 3.28. The molecule has 0 aromatic carbocycles. The first-order chi connectivity index (χ1) is 5.49. The van der Waals surface area contributed by atoms with Crippen molar-refractivity contribution in [1.82, 2.24) is 10.2 Å². The second kappa shape index (κ2) is 4.22. The molecule has 0 aromatic rings. The van der Waals surface area contributed by atoms with Crippen LogP contribution >= 0.6 is 0 Å². The Morgan fingerprint density at radius 3 is 2.33 bits per heavy atom. The summed E-state index contributed by atoms with van der Waals surface area (Å²) in [6.07, 6.45) is 1.28. The molecule has 0 aromatic heterocycles. The summed E-state index contributed by atoms with van der Waals surface area (Å²) < 4.78 is 0. The lowest BCUT2D eigenvalue weighted by molar-refractivity contribution is 0.231. The van der Waals surface area contributed by atoms with Gasteiger partial charge in [0, 0.05) is 18.9 Å². The monoisotopic (exact) mass is 171 g/mol. The summed E-state index contributed by atoms with van der Waals surface area (Å²) in [5.74, 6) is -0.376. The number of urea groups is 1. The number of hydrogen-bond acceptors (Lipinski definition) is 3. The van der Waals surface area contributed by atoms with Crippen molar-refractivity contribution in [3.05, 3.63) is 11.9 Å². The standard InChI is InChI=1S/C6H13N5O/c1-4(7)3-11(5(8)9)6(12)10-2/h3H,7H2,1-2H3,(H3,8,9)(H,10,12)/b4-3-. The van der Waals surface area contributed by atoms with E-state index in [2.05, 4.69) is 5.32 Å². The van der Waals surface area contributed by atoms with Crippen LogP contribution in [0.2, 0.25) is 0 Å². The third-order valence-corrected chi connectivity index (χ3v) is 1.02. The van der Waals surface area contributed by atoms with E-state index in [-0.39, 0.29) is 5.96 Å². The number of amides is 2. The van der Waals surface area contributed by atoms with Crippen molar-refractivity contribution < 1.29 is 4.79 Å². The molecule has 0 aliphatic heterocycles. The van der Waals surface area contributed by atoms with Crippen LogP contribution in [0.3, 0.4) is 0 Å². The van der Waals surface area contributed by atoms with E-state index in [9.17, 15) is 4.79 Å². The van der Waals surface area contributed by atoms with E-state index in [1.807, 2.05) is 0 Å². The van der Waals surface area contributed by atoms with Gasteiger partial charge in [0.1, 0.15) is 0 Å². The van der Waals surface area contributed by atoms with Gasteiger partial charge in [0.15, 0.2) is 0 Å². The maximum atomic E-state index is 11.0. The highest BCUT2D eigenvalue weighted by Crippen LogP contribution is 1.91. The van der Waals surface area contributed by atoms with Gasteiger partial charge in [-0.3, -0.25) is 5.41 Å². The van der Waals surface area contributed by atoms with Gasteiger partial charge in [-0.2, -0.15) is 0 Å². The van der Waals surface area contributed by atoms with Gasteiger partial charge < -0.3 is 16.8 Å². The fraction of sp³-hybridized carbons (Fsp3) is 0.333. The molecular weight excluding hydrogens is 158 g/mol. The smallest absolute Gasteiger partial charge is 0.328 e. The Hall–Kier alpha value is -1.72. The molecule has 2 amide bonds. The third kappa shape index (κ3) is 2.91. The van der Waals surface area contributed by atoms with E-state index in [0.29, 0.717) is 5.70 Å². The van der Waals surface area contributed by atoms with Gasteiger partial charge in [-0.1, -0.05) is 0 Å². The molecule has 0 unspecified atom stereocenters. The average molecular weight is 171 g/mol. The van der Waals surface area contributed by atoms with Crippen LogP contribution in [-0.2, 0) is 0 Å². The highest BCUT2D eigenvalue weighted by atomic mass is 16.2. The minimum atomic E-state index is -0.493. The molecule has 0 fully saturated rings. The van der Waals surface area contributed by atoms with Crippen molar-refractivity contribution >= 4 is 12.0 Å². The van der Waals surface area contributed by atoms with Crippen LogP contribution < -0.4 is 16.8 Å². The minimum Gasteiger partial charge on any atom is -0.401 e. The van der Waals surface area contributed by atoms with Gasteiger partial charge in [-0.15, -0.1) is 0 Å². The first kappa shape index (κ1) is 10.3. The molecule has 6 nitrogen and oxygen atoms in total. The molecule has 0 atom stereocenters. The van der Waals surface area contributed by atoms with E-state index in [0.717, 1.165) is 4.90 Å². The van der Waals surface area contributed by atoms with E-state index < -0.39 is 6.03 Å². The maximum Gasteiger partial charge on any atom is 0.328 e. The van der Waals surface area contributed by atoms with Crippen molar-refractivity contribution in [2.75, 3.05) is 7.05 Å². The summed E-state index contributed by atoms with van der Waals surface area (Å²) in [6, 6.07) is -0.493. The zero-order valence-electron chi connectivity index (χ0n) is 7.09. The second-order valence-electron chi connectivity index (χ2n) is 2.18. The van der Waals surface area contributed by atoms with Crippen molar-refractivity contribution in [3.63, 3.8) is 0 Å². The molecule has 0 aliphatic rings. The van der Waals surface area contributed by atoms with E-state index >= 15 is 0 Å². The van der Waals surface area contributed by atoms with Crippen molar-refractivity contribution in [2.24, 2.45) is 11.5 Å². The van der Waals surface area contributed by atoms with Gasteiger partial charge in [0.2, 0.25) is 5.96 Å². The number of nitrogens with two attached hydrogens (primary N) is 2. The van der Waals surface area contributed by atoms with E-state index in [1.54, 1.807) is 6.92 Å². The quantitative estimate of drug-likeness (QED) is 0.310. The van der Waals surface area contributed by atoms with Gasteiger partial charge in [-0.05, 0) is 6.92 Å². The molecule has 0 heterocycles. The molecule has 0 saturated carbocycles. The highest BCUT2D eigenvalue weighted by molar-refractivity contribution is 5.95. The Bertz CT molecular complexity index is 218. The number of carbonyl (C=O) groups is 1.